The number of ether oxygens (including phenoxy) is 3. The van der Waals surface area contributed by atoms with Gasteiger partial charge in [0, 0.05) is 26.2 Å². The largest absolute Gasteiger partial charge is 0.457 e. The second-order valence-electron chi connectivity index (χ2n) is 10.2. The van der Waals surface area contributed by atoms with Gasteiger partial charge in [0.15, 0.2) is 5.82 Å². The fourth-order valence-corrected chi connectivity index (χ4v) is 4.28. The Morgan fingerprint density at radius 2 is 1.59 bits per heavy atom. The predicted octanol–water partition coefficient (Wildman–Crippen LogP) is 6.19. The van der Waals surface area contributed by atoms with Crippen LogP contribution in [0, 0.1) is 11.3 Å². The van der Waals surface area contributed by atoms with Crippen LogP contribution in [-0.2, 0) is 17.9 Å². The molecule has 230 valence electrons. The third-order valence-corrected chi connectivity index (χ3v) is 6.64. The Balaban J connectivity index is 1.49. The van der Waals surface area contributed by atoms with Crippen LogP contribution in [0.3, 0.4) is 0 Å². The number of nitrogens with one attached hydrogen (secondary N) is 1. The lowest BCUT2D eigenvalue weighted by Crippen LogP contribution is -2.21. The Kier molecular flexibility index (Phi) is 9.70. The van der Waals surface area contributed by atoms with Crippen LogP contribution in [0.2, 0.25) is 0 Å². The van der Waals surface area contributed by atoms with E-state index in [-0.39, 0.29) is 52.8 Å². The maximum Gasteiger partial charge on any atom is 0.342 e. The number of esters is 1. The highest BCUT2D eigenvalue weighted by Crippen LogP contribution is 2.35. The number of nitrogens with two attached hydrogens (primary N) is 1. The summed E-state index contributed by atoms with van der Waals surface area (Å²) >= 11 is 0. The average Bonchev–Trinajstić information content (AvgIpc) is 3.08. The van der Waals surface area contributed by atoms with Crippen molar-refractivity contribution in [3.8, 4) is 29.5 Å². The van der Waals surface area contributed by atoms with Crippen molar-refractivity contribution in [2.75, 3.05) is 25.1 Å². The van der Waals surface area contributed by atoms with E-state index in [4.69, 9.17) is 19.9 Å². The second kappa shape index (κ2) is 14.4. The Hall–Kier alpha value is -6.41. The van der Waals surface area contributed by atoms with E-state index in [1.165, 1.54) is 23.1 Å². The Morgan fingerprint density at radius 1 is 0.870 bits per heavy atom. The number of carbonyl (C=O) groups excluding carboxylic acids is 2. The van der Waals surface area contributed by atoms with Gasteiger partial charge >= 0.3 is 12.0 Å². The molecule has 1 amide bonds. The molecule has 3 N–H and O–H groups in total. The highest BCUT2D eigenvalue weighted by atomic mass is 16.5. The van der Waals surface area contributed by atoms with Gasteiger partial charge in [-0.05, 0) is 47.5 Å². The number of hydrogen-bond donors (Lipinski definition) is 2. The van der Waals surface area contributed by atoms with Crippen LogP contribution in [0.1, 0.15) is 37.4 Å². The number of aromatic nitrogens is 2. The maximum absolute atomic E-state index is 13.1. The van der Waals surface area contributed by atoms with Crippen molar-refractivity contribution in [3.63, 3.8) is 0 Å². The summed E-state index contributed by atoms with van der Waals surface area (Å²) in [5.74, 6) is -0.428. The lowest BCUT2D eigenvalue weighted by Gasteiger charge is -2.16. The number of anilines is 2. The molecule has 0 saturated heterocycles. The summed E-state index contributed by atoms with van der Waals surface area (Å²) in [4.78, 5) is 36.0. The topological polar surface area (TPSA) is 153 Å². The van der Waals surface area contributed by atoms with E-state index in [2.05, 4.69) is 15.3 Å². The molecule has 11 nitrogen and oxygen atoms in total. The monoisotopic (exact) mass is 614 g/mol. The molecule has 0 fully saturated rings. The molecule has 4 aromatic carbocycles. The molecule has 1 heterocycles. The highest BCUT2D eigenvalue weighted by molar-refractivity contribution is 5.94. The summed E-state index contributed by atoms with van der Waals surface area (Å²) in [6.07, 6.45) is 0. The van der Waals surface area contributed by atoms with Gasteiger partial charge in [-0.3, -0.25) is 4.79 Å². The molecular formula is C35H30N6O5. The summed E-state index contributed by atoms with van der Waals surface area (Å²) in [5, 5.41) is 12.7. The summed E-state index contributed by atoms with van der Waals surface area (Å²) in [6.45, 7) is 0.410. The van der Waals surface area contributed by atoms with Crippen LogP contribution in [0.4, 0.5) is 11.5 Å². The van der Waals surface area contributed by atoms with Crippen molar-refractivity contribution >= 4 is 23.4 Å². The van der Waals surface area contributed by atoms with Crippen molar-refractivity contribution in [3.05, 3.63) is 131 Å². The summed E-state index contributed by atoms with van der Waals surface area (Å²) in [5.41, 5.74) is 9.02. The van der Waals surface area contributed by atoms with Gasteiger partial charge in [0.25, 0.3) is 11.8 Å². The van der Waals surface area contributed by atoms with Crippen LogP contribution >= 0.6 is 0 Å². The first-order valence-electron chi connectivity index (χ1n) is 14.2. The Bertz CT molecular complexity index is 1890. The summed E-state index contributed by atoms with van der Waals surface area (Å²) in [7, 11) is 3.30. The van der Waals surface area contributed by atoms with Gasteiger partial charge < -0.3 is 30.2 Å². The predicted molar refractivity (Wildman–Crippen MR) is 172 cm³/mol. The molecule has 0 saturated carbocycles. The lowest BCUT2D eigenvalue weighted by atomic mass is 10.1. The van der Waals surface area contributed by atoms with Gasteiger partial charge in [-0.1, -0.05) is 66.7 Å². The van der Waals surface area contributed by atoms with Crippen molar-refractivity contribution in [2.24, 2.45) is 0 Å². The third kappa shape index (κ3) is 7.75. The van der Waals surface area contributed by atoms with Gasteiger partial charge in [0.2, 0.25) is 0 Å². The van der Waals surface area contributed by atoms with Crippen LogP contribution in [0.25, 0.3) is 0 Å². The minimum Gasteiger partial charge on any atom is -0.457 e. The molecule has 0 aliphatic rings. The minimum atomic E-state index is -0.667. The highest BCUT2D eigenvalue weighted by Gasteiger charge is 2.21. The number of nitrogens with zero attached hydrogens (tertiary/aromatic N) is 4. The molecular weight excluding hydrogens is 584 g/mol. The molecule has 0 aliphatic heterocycles. The molecule has 0 atom stereocenters. The number of benzene rings is 4. The average molecular weight is 615 g/mol. The van der Waals surface area contributed by atoms with Crippen molar-refractivity contribution < 1.29 is 23.8 Å². The molecule has 5 rings (SSSR count). The van der Waals surface area contributed by atoms with Gasteiger partial charge in [-0.15, -0.1) is 0 Å². The number of rotatable bonds is 11. The first-order valence-corrected chi connectivity index (χ1v) is 14.2. The quantitative estimate of drug-likeness (QED) is 0.165. The van der Waals surface area contributed by atoms with Crippen molar-refractivity contribution in [2.45, 2.75) is 13.2 Å². The van der Waals surface area contributed by atoms with E-state index in [0.717, 1.165) is 11.1 Å². The van der Waals surface area contributed by atoms with E-state index >= 15 is 0 Å². The van der Waals surface area contributed by atoms with Crippen molar-refractivity contribution in [1.29, 1.82) is 5.26 Å². The minimum absolute atomic E-state index is 0.000388. The molecule has 46 heavy (non-hydrogen) atoms. The number of amides is 1. The first kappa shape index (κ1) is 31.0. The van der Waals surface area contributed by atoms with E-state index in [1.54, 1.807) is 38.4 Å². The second-order valence-corrected chi connectivity index (χ2v) is 10.2. The molecule has 0 spiro atoms. The zero-order valence-electron chi connectivity index (χ0n) is 25.1. The van der Waals surface area contributed by atoms with E-state index in [1.807, 2.05) is 66.7 Å². The Morgan fingerprint density at radius 3 is 2.28 bits per heavy atom. The fraction of sp³-hybridized carbons (Fsp3) is 0.114. The molecule has 0 radical (unpaired) electrons. The smallest absolute Gasteiger partial charge is 0.342 e. The van der Waals surface area contributed by atoms with Crippen LogP contribution in [-0.4, -0.2) is 40.8 Å². The van der Waals surface area contributed by atoms with E-state index in [0.29, 0.717) is 17.9 Å². The van der Waals surface area contributed by atoms with E-state index < -0.39 is 5.97 Å². The molecule has 11 heteroatoms. The SMILES string of the molecule is CN(C)C(=O)c1cccc(Oc2nc(Oc3cc(C#N)ccc3C(=O)OCc3ccccc3)nc(NCc3ccccc3)c2N)c1. The summed E-state index contributed by atoms with van der Waals surface area (Å²) in [6, 6.07) is 31.5. The van der Waals surface area contributed by atoms with Gasteiger partial charge in [-0.2, -0.15) is 15.2 Å². The standard InChI is InChI=1S/C35H30N6O5/c1-41(2)33(42)26-14-9-15-27(19-26)45-32-30(37)31(38-21-23-10-5-3-6-11-23)39-35(40-32)46-29-18-25(20-36)16-17-28(29)34(43)44-22-24-12-7-4-8-13-24/h3-19H,21-22,37H2,1-2H3,(H,38,39,40). The van der Waals surface area contributed by atoms with E-state index in [9.17, 15) is 14.9 Å². The number of nitriles is 1. The van der Waals surface area contributed by atoms with Crippen molar-refractivity contribution in [1.82, 2.24) is 14.9 Å². The molecule has 0 aliphatic carbocycles. The lowest BCUT2D eigenvalue weighted by molar-refractivity contribution is 0.0469. The van der Waals surface area contributed by atoms with Crippen LogP contribution in [0.5, 0.6) is 23.4 Å². The zero-order valence-corrected chi connectivity index (χ0v) is 25.1. The number of carbonyl (C=O) groups is 2. The number of hydrogen-bond acceptors (Lipinski definition) is 10. The molecule has 0 unspecified atom stereocenters. The first-order chi connectivity index (χ1) is 22.3. The van der Waals surface area contributed by atoms with Gasteiger partial charge in [-0.25, -0.2) is 4.79 Å². The normalized spacial score (nSPS) is 10.4. The number of nitrogen functional groups attached to an aromatic ring is 1. The third-order valence-electron chi connectivity index (χ3n) is 6.64. The van der Waals surface area contributed by atoms with Crippen LogP contribution < -0.4 is 20.5 Å². The molecule has 1 aromatic heterocycles. The summed E-state index contributed by atoms with van der Waals surface area (Å²) < 4.78 is 17.6. The zero-order chi connectivity index (χ0) is 32.5. The Labute approximate surface area is 265 Å². The fourth-order valence-electron chi connectivity index (χ4n) is 4.28. The maximum atomic E-state index is 13.1. The molecule has 5 aromatic rings. The van der Waals surface area contributed by atoms with Crippen LogP contribution in [0.15, 0.2) is 103 Å². The van der Waals surface area contributed by atoms with Gasteiger partial charge in [0.1, 0.15) is 29.4 Å². The molecule has 0 bridgehead atoms. The van der Waals surface area contributed by atoms with Gasteiger partial charge in [0.05, 0.1) is 11.6 Å².